The monoisotopic (exact) mass is 443 g/mol. The quantitative estimate of drug-likeness (QED) is 0.726. The van der Waals surface area contributed by atoms with E-state index in [1.54, 1.807) is 22.6 Å². The highest BCUT2D eigenvalue weighted by atomic mass is 127. The highest BCUT2D eigenvalue weighted by Gasteiger charge is 2.46. The Labute approximate surface area is 149 Å². The molecule has 1 N–H and O–H groups in total. The van der Waals surface area contributed by atoms with Gasteiger partial charge in [-0.05, 0) is 65.6 Å². The van der Waals surface area contributed by atoms with Crippen molar-refractivity contribution in [3.8, 4) is 0 Å². The molecular formula is C16H18IN3O2S. The zero-order chi connectivity index (χ0) is 16.2. The summed E-state index contributed by atoms with van der Waals surface area (Å²) in [6.07, 6.45) is 4.27. The minimum Gasteiger partial charge on any atom is -0.282 e. The van der Waals surface area contributed by atoms with Gasteiger partial charge < -0.3 is 0 Å². The van der Waals surface area contributed by atoms with Crippen LogP contribution < -0.4 is 0 Å². The second-order valence-corrected chi connectivity index (χ2v) is 9.63. The van der Waals surface area contributed by atoms with Crippen LogP contribution in [0.15, 0.2) is 35.4 Å². The summed E-state index contributed by atoms with van der Waals surface area (Å²) >= 11 is 2.19. The molecule has 2 aliphatic heterocycles. The number of nitrogens with one attached hydrogen (secondary N) is 1. The molecular weight excluding hydrogens is 425 g/mol. The van der Waals surface area contributed by atoms with E-state index < -0.39 is 10.0 Å². The van der Waals surface area contributed by atoms with E-state index in [-0.39, 0.29) is 12.1 Å². The van der Waals surface area contributed by atoms with Crippen molar-refractivity contribution in [1.82, 2.24) is 14.5 Å². The van der Waals surface area contributed by atoms with E-state index in [2.05, 4.69) is 39.7 Å². The van der Waals surface area contributed by atoms with E-state index >= 15 is 0 Å². The van der Waals surface area contributed by atoms with Gasteiger partial charge in [-0.3, -0.25) is 5.10 Å². The van der Waals surface area contributed by atoms with E-state index in [0.29, 0.717) is 10.8 Å². The second-order valence-electron chi connectivity index (χ2n) is 6.54. The predicted molar refractivity (Wildman–Crippen MR) is 95.4 cm³/mol. The molecule has 2 aromatic rings. The third-order valence-corrected chi connectivity index (χ3v) is 7.60. The Balaban J connectivity index is 1.80. The number of sulfonamides is 1. The maximum Gasteiger partial charge on any atom is 0.243 e. The number of H-pyrrole nitrogens is 1. The number of rotatable bonds is 2. The van der Waals surface area contributed by atoms with Gasteiger partial charge in [0.2, 0.25) is 10.0 Å². The molecule has 23 heavy (non-hydrogen) atoms. The zero-order valence-corrected chi connectivity index (χ0v) is 15.7. The molecule has 3 atom stereocenters. The van der Waals surface area contributed by atoms with Gasteiger partial charge in [0.15, 0.2) is 0 Å². The van der Waals surface area contributed by atoms with E-state index in [1.165, 1.54) is 0 Å². The number of aromatic amines is 1. The number of halogens is 1. The van der Waals surface area contributed by atoms with Crippen LogP contribution >= 0.6 is 22.6 Å². The molecule has 1 aromatic heterocycles. The lowest BCUT2D eigenvalue weighted by atomic mass is 9.80. The summed E-state index contributed by atoms with van der Waals surface area (Å²) < 4.78 is 29.3. The molecule has 2 bridgehead atoms. The maximum absolute atomic E-state index is 13.2. The average Bonchev–Trinajstić information content (AvgIpc) is 2.95. The van der Waals surface area contributed by atoms with E-state index in [4.69, 9.17) is 0 Å². The molecule has 1 saturated heterocycles. The zero-order valence-electron chi connectivity index (χ0n) is 12.7. The molecule has 0 aliphatic carbocycles. The molecule has 1 fully saturated rings. The van der Waals surface area contributed by atoms with Crippen molar-refractivity contribution in [1.29, 1.82) is 0 Å². The molecule has 0 amide bonds. The van der Waals surface area contributed by atoms with Gasteiger partial charge in [-0.15, -0.1) is 0 Å². The third-order valence-electron chi connectivity index (χ3n) is 4.91. The van der Waals surface area contributed by atoms with Crippen LogP contribution in [0.25, 0.3) is 0 Å². The predicted octanol–water partition coefficient (Wildman–Crippen LogP) is 3.10. The van der Waals surface area contributed by atoms with Crippen LogP contribution in [0.1, 0.15) is 37.1 Å². The summed E-state index contributed by atoms with van der Waals surface area (Å²) in [5.41, 5.74) is 2.14. The molecule has 122 valence electrons. The van der Waals surface area contributed by atoms with Crippen molar-refractivity contribution in [3.05, 3.63) is 45.3 Å². The Morgan fingerprint density at radius 2 is 2.00 bits per heavy atom. The van der Waals surface area contributed by atoms with Crippen molar-refractivity contribution in [2.24, 2.45) is 5.92 Å². The molecule has 0 spiro atoms. The summed E-state index contributed by atoms with van der Waals surface area (Å²) in [5.74, 6) is 0.524. The Morgan fingerprint density at radius 3 is 2.74 bits per heavy atom. The number of hydrogen-bond acceptors (Lipinski definition) is 3. The molecule has 3 heterocycles. The Kier molecular flexibility index (Phi) is 3.77. The van der Waals surface area contributed by atoms with Crippen LogP contribution in [-0.4, -0.2) is 29.0 Å². The van der Waals surface area contributed by atoms with Crippen molar-refractivity contribution >= 4 is 32.6 Å². The first kappa shape index (κ1) is 15.6. The molecule has 7 heteroatoms. The summed E-state index contributed by atoms with van der Waals surface area (Å²) in [6, 6.07) is 7.02. The number of benzene rings is 1. The third kappa shape index (κ3) is 2.53. The van der Waals surface area contributed by atoms with Crippen LogP contribution in [0.2, 0.25) is 0 Å². The highest BCUT2D eigenvalue weighted by Crippen LogP contribution is 2.46. The first-order valence-electron chi connectivity index (χ1n) is 7.78. The Morgan fingerprint density at radius 1 is 1.26 bits per heavy atom. The smallest absolute Gasteiger partial charge is 0.243 e. The minimum absolute atomic E-state index is 0.0148. The van der Waals surface area contributed by atoms with Gasteiger partial charge in [-0.2, -0.15) is 9.40 Å². The van der Waals surface area contributed by atoms with Crippen molar-refractivity contribution in [3.63, 3.8) is 0 Å². The topological polar surface area (TPSA) is 66.1 Å². The number of piperidine rings is 1. The molecule has 1 aromatic carbocycles. The molecule has 2 aliphatic rings. The number of aromatic nitrogens is 2. The lowest BCUT2D eigenvalue weighted by Crippen LogP contribution is -2.51. The lowest BCUT2D eigenvalue weighted by Gasteiger charge is -2.46. The highest BCUT2D eigenvalue weighted by molar-refractivity contribution is 14.1. The van der Waals surface area contributed by atoms with Gasteiger partial charge in [0.05, 0.1) is 17.1 Å². The lowest BCUT2D eigenvalue weighted by molar-refractivity contribution is 0.125. The second kappa shape index (κ2) is 5.56. The van der Waals surface area contributed by atoms with Crippen molar-refractivity contribution in [2.45, 2.75) is 43.2 Å². The first-order chi connectivity index (χ1) is 11.0. The van der Waals surface area contributed by atoms with Gasteiger partial charge in [-0.1, -0.05) is 6.92 Å². The molecule has 3 unspecified atom stereocenters. The molecule has 0 radical (unpaired) electrons. The van der Waals surface area contributed by atoms with Crippen LogP contribution in [0.5, 0.6) is 0 Å². The first-order valence-corrected chi connectivity index (χ1v) is 10.3. The standard InChI is InChI=1S/C16H18IN3O2S/c1-10-6-12-8-15-14(9-18-19-15)16(7-10)20(12)23(21,22)13-4-2-11(17)3-5-13/h2-5,9-10,12,16H,6-8H2,1H3,(H,18,19). The normalized spacial score (nSPS) is 27.7. The fourth-order valence-electron chi connectivity index (χ4n) is 3.94. The van der Waals surface area contributed by atoms with Gasteiger partial charge in [0.1, 0.15) is 0 Å². The van der Waals surface area contributed by atoms with Crippen LogP contribution in [0.3, 0.4) is 0 Å². The molecule has 5 nitrogen and oxygen atoms in total. The minimum atomic E-state index is -3.49. The molecule has 4 rings (SSSR count). The number of nitrogens with zero attached hydrogens (tertiary/aromatic N) is 2. The van der Waals surface area contributed by atoms with Crippen LogP contribution in [-0.2, 0) is 16.4 Å². The average molecular weight is 443 g/mol. The maximum atomic E-state index is 13.2. The summed E-state index contributed by atoms with van der Waals surface area (Å²) in [7, 11) is -3.49. The summed E-state index contributed by atoms with van der Waals surface area (Å²) in [5, 5.41) is 7.19. The number of fused-ring (bicyclic) bond motifs is 4. The van der Waals surface area contributed by atoms with Gasteiger partial charge in [0, 0.05) is 27.3 Å². The summed E-state index contributed by atoms with van der Waals surface area (Å²) in [4.78, 5) is 0.384. The number of hydrogen-bond donors (Lipinski definition) is 1. The van der Waals surface area contributed by atoms with Crippen LogP contribution in [0, 0.1) is 9.49 Å². The summed E-state index contributed by atoms with van der Waals surface area (Å²) in [6.45, 7) is 2.21. The van der Waals surface area contributed by atoms with E-state index in [0.717, 1.165) is 34.1 Å². The molecule has 0 saturated carbocycles. The van der Waals surface area contributed by atoms with Gasteiger partial charge in [0.25, 0.3) is 0 Å². The van der Waals surface area contributed by atoms with E-state index in [9.17, 15) is 8.42 Å². The fraction of sp³-hybridized carbons (Fsp3) is 0.438. The van der Waals surface area contributed by atoms with Crippen LogP contribution in [0.4, 0.5) is 0 Å². The van der Waals surface area contributed by atoms with E-state index in [1.807, 2.05) is 12.1 Å². The Bertz CT molecular complexity index is 831. The fourth-order valence-corrected chi connectivity index (χ4v) is 6.11. The SMILES string of the molecule is CC1CC2Cc3[nH]ncc3C(C1)N2S(=O)(=O)c1ccc(I)cc1. The largest absolute Gasteiger partial charge is 0.282 e. The van der Waals surface area contributed by atoms with Gasteiger partial charge >= 0.3 is 0 Å². The van der Waals surface area contributed by atoms with Gasteiger partial charge in [-0.25, -0.2) is 8.42 Å². The Hall–Kier alpha value is -0.930. The van der Waals surface area contributed by atoms with Crippen molar-refractivity contribution in [2.75, 3.05) is 0 Å². The van der Waals surface area contributed by atoms with Crippen molar-refractivity contribution < 1.29 is 8.42 Å².